The van der Waals surface area contributed by atoms with Gasteiger partial charge >= 0.3 is 5.97 Å². The zero-order valence-corrected chi connectivity index (χ0v) is 16.9. The third-order valence-electron chi connectivity index (χ3n) is 3.92. The molecule has 0 aliphatic carbocycles. The number of amides is 1. The van der Waals surface area contributed by atoms with Gasteiger partial charge in [-0.2, -0.15) is 0 Å². The van der Waals surface area contributed by atoms with E-state index in [-0.39, 0.29) is 24.2 Å². The monoisotopic (exact) mass is 435 g/mol. The van der Waals surface area contributed by atoms with Gasteiger partial charge in [0.15, 0.2) is 0 Å². The molecule has 0 aliphatic rings. The van der Waals surface area contributed by atoms with E-state index in [1.54, 1.807) is 0 Å². The highest BCUT2D eigenvalue weighted by Gasteiger charge is 2.27. The highest BCUT2D eigenvalue weighted by atomic mass is 79.9. The maximum atomic E-state index is 13.1. The predicted molar refractivity (Wildman–Crippen MR) is 106 cm³/mol. The van der Waals surface area contributed by atoms with Gasteiger partial charge in [0.25, 0.3) is 0 Å². The normalized spacial score (nSPS) is 13.1. The minimum atomic E-state index is -0.748. The number of halogens is 2. The van der Waals surface area contributed by atoms with Crippen LogP contribution in [0.2, 0.25) is 0 Å². The van der Waals surface area contributed by atoms with Gasteiger partial charge in [0.1, 0.15) is 23.3 Å². The summed E-state index contributed by atoms with van der Waals surface area (Å²) >= 11 is 3.31. The summed E-state index contributed by atoms with van der Waals surface area (Å²) in [5, 5.41) is 2.74. The quantitative estimate of drug-likeness (QED) is 0.489. The van der Waals surface area contributed by atoms with E-state index >= 15 is 0 Å². The summed E-state index contributed by atoms with van der Waals surface area (Å²) < 4.78 is 18.4. The third-order valence-corrected chi connectivity index (χ3v) is 4.87. The van der Waals surface area contributed by atoms with Crippen LogP contribution in [0.25, 0.3) is 0 Å². The molecule has 0 radical (unpaired) electrons. The largest absolute Gasteiger partial charge is 0.459 e. The molecule has 2 aromatic rings. The average Bonchev–Trinajstić information content (AvgIpc) is 2.66. The van der Waals surface area contributed by atoms with Crippen LogP contribution in [-0.2, 0) is 20.9 Å². The number of esters is 1. The number of ether oxygens (including phenoxy) is 1. The van der Waals surface area contributed by atoms with E-state index in [1.807, 2.05) is 44.2 Å². The summed E-state index contributed by atoms with van der Waals surface area (Å²) in [6.07, 6.45) is 0.461. The van der Waals surface area contributed by atoms with Crippen LogP contribution < -0.4 is 5.32 Å². The number of hydrogen-bond donors (Lipinski definition) is 1. The molecule has 0 heterocycles. The van der Waals surface area contributed by atoms with Crippen molar-refractivity contribution < 1.29 is 18.7 Å². The Bertz CT molecular complexity index is 750. The smallest absolute Gasteiger partial charge is 0.328 e. The molecule has 0 saturated carbocycles. The molecule has 0 spiro atoms. The van der Waals surface area contributed by atoms with Crippen molar-refractivity contribution in [1.29, 1.82) is 0 Å². The summed E-state index contributed by atoms with van der Waals surface area (Å²) in [5.74, 6) is -1.02. The van der Waals surface area contributed by atoms with Gasteiger partial charge in [-0.05, 0) is 35.6 Å². The van der Waals surface area contributed by atoms with Crippen molar-refractivity contribution in [3.8, 4) is 0 Å². The lowest BCUT2D eigenvalue weighted by Gasteiger charge is -2.21. The Hall–Kier alpha value is -2.21. The second kappa shape index (κ2) is 10.2. The molecule has 0 saturated heterocycles. The second-order valence-electron chi connectivity index (χ2n) is 6.70. The van der Waals surface area contributed by atoms with Crippen molar-refractivity contribution >= 4 is 27.8 Å². The minimum Gasteiger partial charge on any atom is -0.459 e. The molecule has 2 aromatic carbocycles. The Balaban J connectivity index is 2.00. The molecule has 1 amide bonds. The summed E-state index contributed by atoms with van der Waals surface area (Å²) in [5.41, 5.74) is 1.49. The first-order valence-corrected chi connectivity index (χ1v) is 9.69. The van der Waals surface area contributed by atoms with E-state index in [1.165, 1.54) is 24.3 Å². The molecule has 4 nitrogen and oxygen atoms in total. The molecule has 0 fully saturated rings. The molecule has 0 aliphatic heterocycles. The fourth-order valence-corrected chi connectivity index (χ4v) is 2.98. The first-order chi connectivity index (χ1) is 12.9. The maximum Gasteiger partial charge on any atom is 0.328 e. The summed E-state index contributed by atoms with van der Waals surface area (Å²) in [7, 11) is 0. The average molecular weight is 436 g/mol. The summed E-state index contributed by atoms with van der Waals surface area (Å²) in [6.45, 7) is 4.09. The van der Waals surface area contributed by atoms with Gasteiger partial charge in [-0.25, -0.2) is 9.18 Å². The number of carbonyl (C=O) groups is 2. The van der Waals surface area contributed by atoms with E-state index in [0.717, 1.165) is 5.56 Å². The maximum absolute atomic E-state index is 13.1. The number of carbonyl (C=O) groups excluding carboxylic acids is 2. The van der Waals surface area contributed by atoms with Crippen LogP contribution in [0.4, 0.5) is 4.39 Å². The van der Waals surface area contributed by atoms with Gasteiger partial charge in [-0.1, -0.05) is 72.2 Å². The van der Waals surface area contributed by atoms with Crippen LogP contribution in [0, 0.1) is 11.7 Å². The van der Waals surface area contributed by atoms with Crippen LogP contribution in [0.3, 0.4) is 0 Å². The van der Waals surface area contributed by atoms with E-state index in [2.05, 4.69) is 21.2 Å². The standard InChI is InChI=1S/C21H23BrFNO3/c1-14(2)12-18(21(26)27-13-15-6-4-3-5-7-15)24-20(25)19(22)16-8-10-17(23)11-9-16/h3-11,14,18-19H,12-13H2,1-2H3,(H,24,25)/t18-,19?/m0/s1. The lowest BCUT2D eigenvalue weighted by molar-refractivity contribution is -0.149. The topological polar surface area (TPSA) is 55.4 Å². The number of nitrogens with one attached hydrogen (secondary N) is 1. The molecule has 6 heteroatoms. The van der Waals surface area contributed by atoms with Crippen LogP contribution >= 0.6 is 15.9 Å². The lowest BCUT2D eigenvalue weighted by atomic mass is 10.0. The molecule has 0 bridgehead atoms. The molecule has 0 aromatic heterocycles. The van der Waals surface area contributed by atoms with E-state index in [4.69, 9.17) is 4.74 Å². The molecular formula is C21H23BrFNO3. The highest BCUT2D eigenvalue weighted by molar-refractivity contribution is 9.09. The molecule has 1 unspecified atom stereocenters. The Kier molecular flexibility index (Phi) is 7.98. The van der Waals surface area contributed by atoms with Crippen molar-refractivity contribution in [3.63, 3.8) is 0 Å². The Morgan fingerprint density at radius 2 is 1.70 bits per heavy atom. The van der Waals surface area contributed by atoms with Crippen molar-refractivity contribution in [2.45, 2.75) is 37.7 Å². The SMILES string of the molecule is CC(C)C[C@H](NC(=O)C(Br)c1ccc(F)cc1)C(=O)OCc1ccccc1. The van der Waals surface area contributed by atoms with Crippen LogP contribution in [-0.4, -0.2) is 17.9 Å². The van der Waals surface area contributed by atoms with Gasteiger partial charge in [-0.15, -0.1) is 0 Å². The zero-order valence-electron chi connectivity index (χ0n) is 15.3. The van der Waals surface area contributed by atoms with Crippen LogP contribution in [0.15, 0.2) is 54.6 Å². The van der Waals surface area contributed by atoms with Crippen LogP contribution in [0.5, 0.6) is 0 Å². The fraction of sp³-hybridized carbons (Fsp3) is 0.333. The zero-order chi connectivity index (χ0) is 19.8. The predicted octanol–water partition coefficient (Wildman–Crippen LogP) is 4.54. The van der Waals surface area contributed by atoms with E-state index in [9.17, 15) is 14.0 Å². The molecular weight excluding hydrogens is 413 g/mol. The molecule has 27 heavy (non-hydrogen) atoms. The van der Waals surface area contributed by atoms with Crippen molar-refractivity contribution in [2.24, 2.45) is 5.92 Å². The van der Waals surface area contributed by atoms with Crippen molar-refractivity contribution in [1.82, 2.24) is 5.32 Å². The van der Waals surface area contributed by atoms with Crippen molar-refractivity contribution in [2.75, 3.05) is 0 Å². The van der Waals surface area contributed by atoms with Gasteiger partial charge in [0, 0.05) is 0 Å². The molecule has 144 valence electrons. The van der Waals surface area contributed by atoms with Gasteiger partial charge in [0.2, 0.25) is 5.91 Å². The number of alkyl halides is 1. The van der Waals surface area contributed by atoms with Gasteiger partial charge < -0.3 is 10.1 Å². The third kappa shape index (κ3) is 6.79. The Labute approximate surface area is 167 Å². The van der Waals surface area contributed by atoms with E-state index < -0.39 is 16.8 Å². The molecule has 2 rings (SSSR count). The van der Waals surface area contributed by atoms with Gasteiger partial charge in [0.05, 0.1) is 0 Å². The van der Waals surface area contributed by atoms with Crippen LogP contribution in [0.1, 0.15) is 36.2 Å². The number of rotatable bonds is 8. The Morgan fingerprint density at radius 3 is 2.30 bits per heavy atom. The number of hydrogen-bond acceptors (Lipinski definition) is 3. The lowest BCUT2D eigenvalue weighted by Crippen LogP contribution is -2.43. The molecule has 2 atom stereocenters. The molecule has 1 N–H and O–H groups in total. The van der Waals surface area contributed by atoms with E-state index in [0.29, 0.717) is 12.0 Å². The Morgan fingerprint density at radius 1 is 1.07 bits per heavy atom. The second-order valence-corrected chi connectivity index (χ2v) is 7.61. The first kappa shape index (κ1) is 21.1. The number of benzene rings is 2. The first-order valence-electron chi connectivity index (χ1n) is 8.77. The summed E-state index contributed by atoms with van der Waals surface area (Å²) in [4.78, 5) is 24.3. The van der Waals surface area contributed by atoms with Gasteiger partial charge in [-0.3, -0.25) is 4.79 Å². The summed E-state index contributed by atoms with van der Waals surface area (Å²) in [6, 6.07) is 14.2. The fourth-order valence-electron chi connectivity index (χ4n) is 2.54. The minimum absolute atomic E-state index is 0.153. The van der Waals surface area contributed by atoms with Crippen molar-refractivity contribution in [3.05, 3.63) is 71.5 Å². The highest BCUT2D eigenvalue weighted by Crippen LogP contribution is 2.23.